The Kier molecular flexibility index (Phi) is 6.26. The average molecular weight is 386 g/mol. The number of carbonyl (C=O) groups excluding carboxylic acids is 1. The summed E-state index contributed by atoms with van der Waals surface area (Å²) in [4.78, 5) is 14.6. The molecule has 28 heavy (non-hydrogen) atoms. The molecule has 1 heterocycles. The minimum atomic E-state index is -0.332. The molecular weight excluding hydrogens is 360 g/mol. The SMILES string of the molecule is COc1ccc(NC(=O)[C@@H](C)N(C)Cc2ccc3c(c2)OCCO3)cc1OC. The van der Waals surface area contributed by atoms with Gasteiger partial charge in [0.25, 0.3) is 0 Å². The molecule has 2 aromatic carbocycles. The number of ether oxygens (including phenoxy) is 4. The maximum absolute atomic E-state index is 12.7. The van der Waals surface area contributed by atoms with Crippen LogP contribution in [0.3, 0.4) is 0 Å². The summed E-state index contributed by atoms with van der Waals surface area (Å²) in [5.74, 6) is 2.59. The van der Waals surface area contributed by atoms with E-state index in [4.69, 9.17) is 18.9 Å². The minimum absolute atomic E-state index is 0.104. The molecule has 0 fully saturated rings. The van der Waals surface area contributed by atoms with Gasteiger partial charge in [0.1, 0.15) is 13.2 Å². The number of amides is 1. The van der Waals surface area contributed by atoms with E-state index in [0.717, 1.165) is 17.1 Å². The first kappa shape index (κ1) is 19.8. The number of benzene rings is 2. The number of carbonyl (C=O) groups is 1. The predicted octanol–water partition coefficient (Wildman–Crippen LogP) is 2.93. The standard InChI is InChI=1S/C21H26N2O5/c1-14(21(24)22-16-6-8-17(25-3)19(12-16)26-4)23(2)13-15-5-7-18-20(11-15)28-10-9-27-18/h5-8,11-12,14H,9-10,13H2,1-4H3,(H,22,24)/t14-/m1/s1. The van der Waals surface area contributed by atoms with E-state index in [-0.39, 0.29) is 11.9 Å². The fraction of sp³-hybridized carbons (Fsp3) is 0.381. The van der Waals surface area contributed by atoms with Gasteiger partial charge in [-0.25, -0.2) is 0 Å². The number of nitrogens with zero attached hydrogens (tertiary/aromatic N) is 1. The monoisotopic (exact) mass is 386 g/mol. The second-order valence-corrected chi connectivity index (χ2v) is 6.63. The van der Waals surface area contributed by atoms with Crippen molar-refractivity contribution in [1.29, 1.82) is 0 Å². The Balaban J connectivity index is 1.62. The minimum Gasteiger partial charge on any atom is -0.493 e. The molecule has 7 nitrogen and oxygen atoms in total. The van der Waals surface area contributed by atoms with Gasteiger partial charge in [0, 0.05) is 18.3 Å². The van der Waals surface area contributed by atoms with Crippen LogP contribution in [0.2, 0.25) is 0 Å². The molecule has 0 aromatic heterocycles. The maximum atomic E-state index is 12.7. The number of nitrogens with one attached hydrogen (secondary N) is 1. The van der Waals surface area contributed by atoms with E-state index in [0.29, 0.717) is 36.9 Å². The number of hydrogen-bond acceptors (Lipinski definition) is 6. The Morgan fingerprint density at radius 2 is 1.79 bits per heavy atom. The number of methoxy groups -OCH3 is 2. The van der Waals surface area contributed by atoms with Crippen molar-refractivity contribution in [2.75, 3.05) is 39.8 Å². The van der Waals surface area contributed by atoms with Crippen molar-refractivity contribution >= 4 is 11.6 Å². The first-order valence-electron chi connectivity index (χ1n) is 9.13. The fourth-order valence-electron chi connectivity index (χ4n) is 2.97. The molecule has 7 heteroatoms. The van der Waals surface area contributed by atoms with E-state index in [2.05, 4.69) is 5.32 Å². The highest BCUT2D eigenvalue weighted by Gasteiger charge is 2.20. The van der Waals surface area contributed by atoms with Crippen molar-refractivity contribution in [2.45, 2.75) is 19.5 Å². The van der Waals surface area contributed by atoms with Gasteiger partial charge in [0.15, 0.2) is 23.0 Å². The van der Waals surface area contributed by atoms with Gasteiger partial charge in [0.05, 0.1) is 20.3 Å². The summed E-state index contributed by atoms with van der Waals surface area (Å²) in [7, 11) is 5.05. The molecule has 0 bridgehead atoms. The van der Waals surface area contributed by atoms with Crippen LogP contribution in [0.4, 0.5) is 5.69 Å². The molecule has 1 N–H and O–H groups in total. The van der Waals surface area contributed by atoms with Crippen LogP contribution in [0.25, 0.3) is 0 Å². The van der Waals surface area contributed by atoms with Crippen LogP contribution in [-0.4, -0.2) is 51.3 Å². The molecule has 1 amide bonds. The number of likely N-dealkylation sites (N-methyl/N-ethyl adjacent to an activating group) is 1. The highest BCUT2D eigenvalue weighted by atomic mass is 16.6. The van der Waals surface area contributed by atoms with Gasteiger partial charge in [-0.2, -0.15) is 0 Å². The fourth-order valence-corrected chi connectivity index (χ4v) is 2.97. The number of fused-ring (bicyclic) bond motifs is 1. The van der Waals surface area contributed by atoms with Crippen molar-refractivity contribution in [1.82, 2.24) is 4.90 Å². The molecule has 3 rings (SSSR count). The third-order valence-electron chi connectivity index (χ3n) is 4.73. The Hall–Kier alpha value is -2.93. The van der Waals surface area contributed by atoms with Crippen molar-refractivity contribution < 1.29 is 23.7 Å². The van der Waals surface area contributed by atoms with Crippen LogP contribution >= 0.6 is 0 Å². The molecule has 0 spiro atoms. The molecular formula is C21H26N2O5. The van der Waals surface area contributed by atoms with E-state index in [1.54, 1.807) is 32.4 Å². The van der Waals surface area contributed by atoms with Crippen molar-refractivity contribution in [2.24, 2.45) is 0 Å². The van der Waals surface area contributed by atoms with E-state index in [9.17, 15) is 4.79 Å². The van der Waals surface area contributed by atoms with Gasteiger partial charge in [-0.15, -0.1) is 0 Å². The molecule has 0 unspecified atom stereocenters. The van der Waals surface area contributed by atoms with Gasteiger partial charge in [-0.1, -0.05) is 6.07 Å². The number of rotatable bonds is 7. The maximum Gasteiger partial charge on any atom is 0.241 e. The third-order valence-corrected chi connectivity index (χ3v) is 4.73. The predicted molar refractivity (Wildman–Crippen MR) is 107 cm³/mol. The molecule has 0 aliphatic carbocycles. The van der Waals surface area contributed by atoms with Crippen molar-refractivity contribution in [3.8, 4) is 23.0 Å². The summed E-state index contributed by atoms with van der Waals surface area (Å²) in [6.45, 7) is 3.60. The molecule has 150 valence electrons. The van der Waals surface area contributed by atoms with Crippen LogP contribution in [0.1, 0.15) is 12.5 Å². The van der Waals surface area contributed by atoms with E-state index in [1.807, 2.05) is 37.1 Å². The zero-order valence-electron chi connectivity index (χ0n) is 16.7. The first-order valence-corrected chi connectivity index (χ1v) is 9.13. The highest BCUT2D eigenvalue weighted by molar-refractivity contribution is 5.94. The van der Waals surface area contributed by atoms with Gasteiger partial charge in [0.2, 0.25) is 5.91 Å². The summed E-state index contributed by atoms with van der Waals surface area (Å²) in [6.07, 6.45) is 0. The van der Waals surface area contributed by atoms with Crippen molar-refractivity contribution in [3.63, 3.8) is 0 Å². The summed E-state index contributed by atoms with van der Waals surface area (Å²) >= 11 is 0. The van der Waals surface area contributed by atoms with E-state index >= 15 is 0 Å². The zero-order valence-corrected chi connectivity index (χ0v) is 16.7. The Morgan fingerprint density at radius 3 is 2.50 bits per heavy atom. The summed E-state index contributed by atoms with van der Waals surface area (Å²) in [5, 5.41) is 2.92. The summed E-state index contributed by atoms with van der Waals surface area (Å²) < 4.78 is 21.7. The van der Waals surface area contributed by atoms with E-state index in [1.165, 1.54) is 0 Å². The van der Waals surface area contributed by atoms with Crippen LogP contribution in [0, 0.1) is 0 Å². The topological polar surface area (TPSA) is 69.3 Å². The van der Waals surface area contributed by atoms with Crippen molar-refractivity contribution in [3.05, 3.63) is 42.0 Å². The van der Waals surface area contributed by atoms with Gasteiger partial charge in [-0.05, 0) is 43.8 Å². The van der Waals surface area contributed by atoms with Gasteiger partial charge < -0.3 is 24.3 Å². The lowest BCUT2D eigenvalue weighted by Crippen LogP contribution is -2.39. The summed E-state index contributed by atoms with van der Waals surface area (Å²) in [6, 6.07) is 10.8. The lowest BCUT2D eigenvalue weighted by molar-refractivity contribution is -0.120. The summed E-state index contributed by atoms with van der Waals surface area (Å²) in [5.41, 5.74) is 1.71. The molecule has 2 aromatic rings. The second-order valence-electron chi connectivity index (χ2n) is 6.63. The Bertz CT molecular complexity index is 840. The van der Waals surface area contributed by atoms with Gasteiger partial charge >= 0.3 is 0 Å². The molecule has 0 saturated heterocycles. The quantitative estimate of drug-likeness (QED) is 0.789. The average Bonchev–Trinajstić information content (AvgIpc) is 2.72. The molecule has 1 aliphatic rings. The van der Waals surface area contributed by atoms with Crippen LogP contribution in [0.15, 0.2) is 36.4 Å². The zero-order chi connectivity index (χ0) is 20.1. The van der Waals surface area contributed by atoms with Gasteiger partial charge in [-0.3, -0.25) is 9.69 Å². The van der Waals surface area contributed by atoms with E-state index < -0.39 is 0 Å². The third kappa shape index (κ3) is 4.48. The molecule has 0 saturated carbocycles. The number of anilines is 1. The first-order chi connectivity index (χ1) is 13.5. The van der Waals surface area contributed by atoms with Crippen LogP contribution < -0.4 is 24.3 Å². The molecule has 1 atom stereocenters. The smallest absolute Gasteiger partial charge is 0.241 e. The lowest BCUT2D eigenvalue weighted by Gasteiger charge is -2.25. The largest absolute Gasteiger partial charge is 0.493 e. The Morgan fingerprint density at radius 1 is 1.07 bits per heavy atom. The molecule has 1 aliphatic heterocycles. The Labute approximate surface area is 165 Å². The normalized spacial score (nSPS) is 13.8. The van der Waals surface area contributed by atoms with Crippen LogP contribution in [0.5, 0.6) is 23.0 Å². The number of hydrogen-bond donors (Lipinski definition) is 1. The van der Waals surface area contributed by atoms with Crippen LogP contribution in [-0.2, 0) is 11.3 Å². The highest BCUT2D eigenvalue weighted by Crippen LogP contribution is 2.31. The second kappa shape index (κ2) is 8.84. The molecule has 0 radical (unpaired) electrons. The lowest BCUT2D eigenvalue weighted by atomic mass is 10.1.